The van der Waals surface area contributed by atoms with E-state index in [1.807, 2.05) is 0 Å². The van der Waals surface area contributed by atoms with Crippen LogP contribution in [0.5, 0.6) is 0 Å². The Morgan fingerprint density at radius 3 is 2.79 bits per heavy atom. The maximum Gasteiger partial charge on any atom is 0.164 e. The molecule has 1 fully saturated rings. The third-order valence-corrected chi connectivity index (χ3v) is 3.33. The number of nitrogens with zero attached hydrogens (tertiary/aromatic N) is 3. The second-order valence-corrected chi connectivity index (χ2v) is 4.45. The van der Waals surface area contributed by atoms with Crippen molar-refractivity contribution in [2.75, 3.05) is 12.3 Å². The summed E-state index contributed by atoms with van der Waals surface area (Å²) in [5, 5.41) is 29.4. The van der Waals surface area contributed by atoms with E-state index in [1.54, 1.807) is 16.8 Å². The van der Waals surface area contributed by atoms with E-state index in [1.165, 1.54) is 6.33 Å². The molecule has 0 spiro atoms. The number of anilines is 1. The number of hydrogen-bond acceptors (Lipinski definition) is 7. The Bertz CT molecular complexity index is 601. The van der Waals surface area contributed by atoms with Gasteiger partial charge in [0.25, 0.3) is 0 Å². The number of aliphatic hydroxyl groups excluding tert-OH is 3. The number of ether oxygens (including phenoxy) is 1. The van der Waals surface area contributed by atoms with Gasteiger partial charge in [-0.3, -0.25) is 0 Å². The number of aromatic nitrogens is 3. The molecule has 0 aliphatic carbocycles. The Morgan fingerprint density at radius 2 is 2.11 bits per heavy atom. The van der Waals surface area contributed by atoms with E-state index in [4.69, 9.17) is 15.6 Å². The summed E-state index contributed by atoms with van der Waals surface area (Å²) in [4.78, 5) is 7.97. The van der Waals surface area contributed by atoms with Gasteiger partial charge in [-0.2, -0.15) is 0 Å². The summed E-state index contributed by atoms with van der Waals surface area (Å²) >= 11 is 0. The summed E-state index contributed by atoms with van der Waals surface area (Å²) in [6.45, 7) is -0.370. The molecule has 8 nitrogen and oxygen atoms in total. The molecule has 4 atom stereocenters. The minimum atomic E-state index is -1.15. The molecule has 0 aromatic carbocycles. The molecule has 19 heavy (non-hydrogen) atoms. The summed E-state index contributed by atoms with van der Waals surface area (Å²) in [6, 6.07) is 1.71. The zero-order valence-corrected chi connectivity index (χ0v) is 9.92. The summed E-state index contributed by atoms with van der Waals surface area (Å²) in [6.07, 6.45) is -0.975. The summed E-state index contributed by atoms with van der Waals surface area (Å²) < 4.78 is 7.01. The molecule has 1 saturated heterocycles. The molecule has 5 N–H and O–H groups in total. The van der Waals surface area contributed by atoms with Gasteiger partial charge in [0.1, 0.15) is 36.1 Å². The van der Waals surface area contributed by atoms with Crippen LogP contribution in [-0.2, 0) is 4.74 Å². The molecular formula is C11H14N4O4. The van der Waals surface area contributed by atoms with E-state index in [9.17, 15) is 10.2 Å². The van der Waals surface area contributed by atoms with E-state index in [0.29, 0.717) is 16.9 Å². The van der Waals surface area contributed by atoms with Crippen molar-refractivity contribution in [3.63, 3.8) is 0 Å². The number of nitrogen functional groups attached to an aromatic ring is 1. The van der Waals surface area contributed by atoms with Gasteiger partial charge in [0.2, 0.25) is 0 Å². The molecule has 0 bridgehead atoms. The van der Waals surface area contributed by atoms with E-state index in [0.717, 1.165) is 0 Å². The monoisotopic (exact) mass is 266 g/mol. The van der Waals surface area contributed by atoms with Crippen molar-refractivity contribution in [2.45, 2.75) is 24.5 Å². The molecule has 0 saturated carbocycles. The molecule has 0 radical (unpaired) electrons. The van der Waals surface area contributed by atoms with Crippen LogP contribution in [0.1, 0.15) is 6.23 Å². The van der Waals surface area contributed by atoms with E-state index in [-0.39, 0.29) is 6.61 Å². The average Bonchev–Trinajstić information content (AvgIpc) is 2.94. The van der Waals surface area contributed by atoms with Gasteiger partial charge in [-0.05, 0) is 6.07 Å². The summed E-state index contributed by atoms with van der Waals surface area (Å²) in [7, 11) is 0. The van der Waals surface area contributed by atoms with Gasteiger partial charge in [0, 0.05) is 6.20 Å². The second-order valence-electron chi connectivity index (χ2n) is 4.45. The number of fused-ring (bicyclic) bond motifs is 1. The molecular weight excluding hydrogens is 252 g/mol. The van der Waals surface area contributed by atoms with Crippen LogP contribution in [0.25, 0.3) is 11.0 Å². The number of rotatable bonds is 2. The van der Waals surface area contributed by atoms with Crippen LogP contribution in [0.15, 0.2) is 18.6 Å². The quantitative estimate of drug-likeness (QED) is 0.528. The number of aliphatic hydroxyl groups is 3. The van der Waals surface area contributed by atoms with Gasteiger partial charge >= 0.3 is 0 Å². The van der Waals surface area contributed by atoms with Crippen LogP contribution >= 0.6 is 0 Å². The van der Waals surface area contributed by atoms with Crippen molar-refractivity contribution >= 4 is 16.9 Å². The Hall–Kier alpha value is -1.74. The van der Waals surface area contributed by atoms with Crippen LogP contribution in [0.3, 0.4) is 0 Å². The Balaban J connectivity index is 2.04. The van der Waals surface area contributed by atoms with Crippen LogP contribution < -0.4 is 5.73 Å². The Labute approximate surface area is 108 Å². The van der Waals surface area contributed by atoms with Crippen molar-refractivity contribution in [3.8, 4) is 0 Å². The lowest BCUT2D eigenvalue weighted by Gasteiger charge is -2.17. The summed E-state index contributed by atoms with van der Waals surface area (Å²) in [5.41, 5.74) is 6.23. The first kappa shape index (κ1) is 12.3. The van der Waals surface area contributed by atoms with Gasteiger partial charge in [0.05, 0.1) is 12.0 Å². The lowest BCUT2D eigenvalue weighted by molar-refractivity contribution is -0.0508. The molecule has 2 aromatic heterocycles. The molecule has 2 aromatic rings. The van der Waals surface area contributed by atoms with Gasteiger partial charge < -0.3 is 30.4 Å². The minimum Gasteiger partial charge on any atom is -0.394 e. The maximum absolute atomic E-state index is 9.98. The minimum absolute atomic E-state index is 0.329. The number of nitrogens with two attached hydrogens (primary N) is 1. The molecule has 1 aliphatic rings. The molecule has 8 heteroatoms. The first-order valence-corrected chi connectivity index (χ1v) is 5.83. The standard InChI is InChI=1S/C11H14N4O4/c12-9-5-1-2-15(10(5)14-4-13-9)11-8(18)7(17)6(3-16)19-11/h1-2,4,6-8,11,16-18H,3H2,(H2,12,13,14)/t6-,7+,8-,11-/m0/s1. The lowest BCUT2D eigenvalue weighted by Crippen LogP contribution is -2.33. The van der Waals surface area contributed by atoms with Crippen molar-refractivity contribution in [1.29, 1.82) is 0 Å². The predicted octanol–water partition coefficient (Wildman–Crippen LogP) is -1.38. The number of hydrogen-bond donors (Lipinski definition) is 4. The molecule has 3 heterocycles. The first-order valence-electron chi connectivity index (χ1n) is 5.83. The third kappa shape index (κ3) is 1.77. The SMILES string of the molecule is Nc1ncnc2c1ccn2[C@H]1O[C@@H](CO)[C@@H](O)[C@@H]1O. The predicted molar refractivity (Wildman–Crippen MR) is 64.9 cm³/mol. The lowest BCUT2D eigenvalue weighted by atomic mass is 10.1. The van der Waals surface area contributed by atoms with Gasteiger partial charge in [0.15, 0.2) is 6.23 Å². The van der Waals surface area contributed by atoms with Crippen LogP contribution in [0, 0.1) is 0 Å². The molecule has 0 amide bonds. The van der Waals surface area contributed by atoms with Crippen molar-refractivity contribution in [1.82, 2.24) is 14.5 Å². The third-order valence-electron chi connectivity index (χ3n) is 3.33. The highest BCUT2D eigenvalue weighted by Crippen LogP contribution is 2.32. The fourth-order valence-electron chi connectivity index (χ4n) is 2.31. The fraction of sp³-hybridized carbons (Fsp3) is 0.455. The van der Waals surface area contributed by atoms with Crippen molar-refractivity contribution < 1.29 is 20.1 Å². The Morgan fingerprint density at radius 1 is 1.32 bits per heavy atom. The maximum atomic E-state index is 9.98. The van der Waals surface area contributed by atoms with E-state index in [2.05, 4.69) is 9.97 Å². The highest BCUT2D eigenvalue weighted by Gasteiger charge is 2.43. The van der Waals surface area contributed by atoms with Gasteiger partial charge in [-0.15, -0.1) is 0 Å². The smallest absolute Gasteiger partial charge is 0.164 e. The second kappa shape index (κ2) is 4.42. The normalized spacial score (nSPS) is 31.1. The highest BCUT2D eigenvalue weighted by atomic mass is 16.6. The van der Waals surface area contributed by atoms with Crippen LogP contribution in [0.2, 0.25) is 0 Å². The molecule has 3 rings (SSSR count). The van der Waals surface area contributed by atoms with Crippen LogP contribution in [0.4, 0.5) is 5.82 Å². The molecule has 1 aliphatic heterocycles. The zero-order chi connectivity index (χ0) is 13.6. The zero-order valence-electron chi connectivity index (χ0n) is 9.92. The largest absolute Gasteiger partial charge is 0.394 e. The van der Waals surface area contributed by atoms with E-state index >= 15 is 0 Å². The topological polar surface area (TPSA) is 127 Å². The van der Waals surface area contributed by atoms with Crippen molar-refractivity contribution in [2.24, 2.45) is 0 Å². The van der Waals surface area contributed by atoms with Crippen LogP contribution in [-0.4, -0.2) is 54.8 Å². The van der Waals surface area contributed by atoms with Gasteiger partial charge in [-0.1, -0.05) is 0 Å². The fourth-order valence-corrected chi connectivity index (χ4v) is 2.31. The van der Waals surface area contributed by atoms with Gasteiger partial charge in [-0.25, -0.2) is 9.97 Å². The first-order chi connectivity index (χ1) is 9.13. The average molecular weight is 266 g/mol. The highest BCUT2D eigenvalue weighted by molar-refractivity contribution is 5.86. The molecule has 0 unspecified atom stereocenters. The Kier molecular flexibility index (Phi) is 2.86. The van der Waals surface area contributed by atoms with Crippen molar-refractivity contribution in [3.05, 3.63) is 18.6 Å². The van der Waals surface area contributed by atoms with E-state index < -0.39 is 24.5 Å². The summed E-state index contributed by atoms with van der Waals surface area (Å²) in [5.74, 6) is 0.329. The molecule has 102 valence electrons.